The van der Waals surface area contributed by atoms with E-state index in [1.807, 2.05) is 0 Å². The van der Waals surface area contributed by atoms with E-state index in [0.29, 0.717) is 0 Å². The molecule has 7 heteroatoms. The van der Waals surface area contributed by atoms with E-state index in [9.17, 15) is 4.79 Å². The standard InChI is InChI=1S/C3H8NO3PS2/c1-6-8(9,10-2)7-3(4)5/h1-2H3,(H2,4,5). The minimum absolute atomic E-state index is 0.889. The van der Waals surface area contributed by atoms with E-state index in [4.69, 9.17) is 22.1 Å². The Morgan fingerprint density at radius 3 is 2.40 bits per heavy atom. The van der Waals surface area contributed by atoms with Gasteiger partial charge in [0.05, 0.1) is 0 Å². The maximum atomic E-state index is 10.2. The molecule has 0 aliphatic carbocycles. The molecule has 0 aromatic heterocycles. The van der Waals surface area contributed by atoms with Crippen molar-refractivity contribution in [2.75, 3.05) is 13.4 Å². The summed E-state index contributed by atoms with van der Waals surface area (Å²) < 4.78 is 9.31. The van der Waals surface area contributed by atoms with Crippen molar-refractivity contribution >= 4 is 35.0 Å². The monoisotopic (exact) mass is 201 g/mol. The molecule has 0 heterocycles. The first-order chi connectivity index (χ1) is 4.54. The number of hydrogen-bond acceptors (Lipinski definition) is 5. The third-order valence-corrected chi connectivity index (χ3v) is 5.97. The highest BCUT2D eigenvalue weighted by Crippen LogP contribution is 2.58. The van der Waals surface area contributed by atoms with Gasteiger partial charge in [-0.2, -0.15) is 0 Å². The molecule has 10 heavy (non-hydrogen) atoms. The lowest BCUT2D eigenvalue weighted by molar-refractivity contribution is 0.210. The molecule has 0 saturated heterocycles. The average molecular weight is 201 g/mol. The quantitative estimate of drug-likeness (QED) is 0.697. The fraction of sp³-hybridized carbons (Fsp3) is 0.667. The average Bonchev–Trinajstić information content (AvgIpc) is 1.87. The summed E-state index contributed by atoms with van der Waals surface area (Å²) in [6.45, 7) is 0. The minimum Gasteiger partial charge on any atom is -0.388 e. The van der Waals surface area contributed by atoms with E-state index in [1.165, 1.54) is 18.5 Å². The summed E-state index contributed by atoms with van der Waals surface area (Å²) >= 11 is 5.99. The summed E-state index contributed by atoms with van der Waals surface area (Å²) in [6.07, 6.45) is 0.812. The second-order valence-electron chi connectivity index (χ2n) is 1.22. The smallest absolute Gasteiger partial charge is 0.388 e. The summed E-state index contributed by atoms with van der Waals surface area (Å²) in [5.74, 6) is 0. The highest BCUT2D eigenvalue weighted by atomic mass is 32.9. The topological polar surface area (TPSA) is 61.6 Å². The van der Waals surface area contributed by atoms with Gasteiger partial charge in [0.1, 0.15) is 0 Å². The maximum absolute atomic E-state index is 10.2. The normalized spacial score (nSPS) is 15.8. The molecular weight excluding hydrogens is 193 g/mol. The van der Waals surface area contributed by atoms with Crippen LogP contribution in [0.25, 0.3) is 0 Å². The van der Waals surface area contributed by atoms with Gasteiger partial charge in [-0.05, 0) is 18.1 Å². The van der Waals surface area contributed by atoms with Crippen molar-refractivity contribution in [3.8, 4) is 0 Å². The fourth-order valence-corrected chi connectivity index (χ4v) is 1.89. The molecule has 0 saturated carbocycles. The molecule has 0 radical (unpaired) electrons. The van der Waals surface area contributed by atoms with Crippen molar-refractivity contribution in [2.24, 2.45) is 5.73 Å². The zero-order chi connectivity index (χ0) is 8.20. The van der Waals surface area contributed by atoms with Gasteiger partial charge < -0.3 is 14.8 Å². The first-order valence-corrected chi connectivity index (χ1v) is 6.71. The maximum Gasteiger partial charge on any atom is 0.410 e. The van der Waals surface area contributed by atoms with E-state index < -0.39 is 11.8 Å². The van der Waals surface area contributed by atoms with Crippen LogP contribution in [0.15, 0.2) is 0 Å². The predicted octanol–water partition coefficient (Wildman–Crippen LogP) is 1.32. The van der Waals surface area contributed by atoms with Crippen LogP contribution in [0.1, 0.15) is 0 Å². The Kier molecular flexibility index (Phi) is 4.28. The Morgan fingerprint density at radius 2 is 2.30 bits per heavy atom. The van der Waals surface area contributed by atoms with Gasteiger partial charge in [-0.3, -0.25) is 0 Å². The Hall–Kier alpha value is 0.230. The van der Waals surface area contributed by atoms with Crippen LogP contribution in [0.5, 0.6) is 0 Å². The zero-order valence-corrected chi connectivity index (χ0v) is 8.09. The Morgan fingerprint density at radius 1 is 1.80 bits per heavy atom. The van der Waals surface area contributed by atoms with Gasteiger partial charge in [-0.15, -0.1) is 0 Å². The highest BCUT2D eigenvalue weighted by Gasteiger charge is 2.18. The molecule has 0 aromatic rings. The number of hydrogen-bond donors (Lipinski definition) is 1. The van der Waals surface area contributed by atoms with Crippen LogP contribution < -0.4 is 5.73 Å². The minimum atomic E-state index is -2.46. The summed E-state index contributed by atoms with van der Waals surface area (Å²) in [7, 11) is 1.39. The first-order valence-electron chi connectivity index (χ1n) is 2.24. The molecular formula is C3H8NO3PS2. The van der Waals surface area contributed by atoms with Gasteiger partial charge in [0, 0.05) is 7.11 Å². The second-order valence-corrected chi connectivity index (χ2v) is 7.70. The molecule has 2 N–H and O–H groups in total. The fourth-order valence-electron chi connectivity index (χ4n) is 0.259. The molecule has 1 atom stereocenters. The predicted molar refractivity (Wildman–Crippen MR) is 45.5 cm³/mol. The summed E-state index contributed by atoms with van der Waals surface area (Å²) in [6, 6.07) is 0. The summed E-state index contributed by atoms with van der Waals surface area (Å²) in [5, 5.41) is 0. The van der Waals surface area contributed by atoms with E-state index in [2.05, 4.69) is 4.52 Å². The van der Waals surface area contributed by atoms with Gasteiger partial charge in [0.25, 0.3) is 0 Å². The van der Waals surface area contributed by atoms with Crippen LogP contribution in [0.4, 0.5) is 4.79 Å². The van der Waals surface area contributed by atoms with E-state index in [-0.39, 0.29) is 0 Å². The molecule has 1 amide bonds. The van der Waals surface area contributed by atoms with Crippen LogP contribution in [0.3, 0.4) is 0 Å². The van der Waals surface area contributed by atoms with Crippen molar-refractivity contribution in [1.29, 1.82) is 0 Å². The van der Waals surface area contributed by atoms with E-state index in [0.717, 1.165) is 0 Å². The molecule has 0 fully saturated rings. The lowest BCUT2D eigenvalue weighted by Gasteiger charge is -2.14. The van der Waals surface area contributed by atoms with Crippen LogP contribution in [-0.2, 0) is 20.9 Å². The number of carbonyl (C=O) groups excluding carboxylic acids is 1. The van der Waals surface area contributed by atoms with Crippen molar-refractivity contribution in [3.63, 3.8) is 0 Å². The Labute approximate surface area is 68.4 Å². The van der Waals surface area contributed by atoms with Crippen molar-refractivity contribution in [2.45, 2.75) is 0 Å². The summed E-state index contributed by atoms with van der Waals surface area (Å²) in [4.78, 5) is 10.2. The molecule has 0 bridgehead atoms. The zero-order valence-electron chi connectivity index (χ0n) is 5.57. The SMILES string of the molecule is COP(=S)(OC(N)=O)SC. The molecule has 0 rings (SSSR count). The van der Waals surface area contributed by atoms with E-state index >= 15 is 0 Å². The van der Waals surface area contributed by atoms with Crippen LogP contribution in [0, 0.1) is 0 Å². The number of primary amides is 1. The third kappa shape index (κ3) is 3.41. The van der Waals surface area contributed by atoms with Crippen molar-refractivity contribution in [3.05, 3.63) is 0 Å². The molecule has 0 aliphatic rings. The van der Waals surface area contributed by atoms with Crippen LogP contribution in [-0.4, -0.2) is 19.5 Å². The third-order valence-electron chi connectivity index (χ3n) is 0.649. The molecule has 0 aliphatic heterocycles. The van der Waals surface area contributed by atoms with Crippen molar-refractivity contribution < 1.29 is 13.8 Å². The van der Waals surface area contributed by atoms with Gasteiger partial charge in [0.15, 0.2) is 0 Å². The van der Waals surface area contributed by atoms with Gasteiger partial charge in [-0.1, -0.05) is 11.4 Å². The van der Waals surface area contributed by atoms with Gasteiger partial charge in [0.2, 0.25) is 0 Å². The van der Waals surface area contributed by atoms with Crippen LogP contribution in [0.2, 0.25) is 0 Å². The number of nitrogens with two attached hydrogens (primary N) is 1. The summed E-state index contributed by atoms with van der Waals surface area (Å²) in [5.41, 5.74) is 2.27. The van der Waals surface area contributed by atoms with Crippen LogP contribution >= 0.6 is 17.1 Å². The molecule has 0 spiro atoms. The van der Waals surface area contributed by atoms with Gasteiger partial charge in [-0.25, -0.2) is 4.79 Å². The van der Waals surface area contributed by atoms with Gasteiger partial charge >= 0.3 is 11.8 Å². The van der Waals surface area contributed by atoms with Crippen molar-refractivity contribution in [1.82, 2.24) is 0 Å². The first kappa shape index (κ1) is 10.2. The Balaban J connectivity index is 4.07. The molecule has 4 nitrogen and oxygen atoms in total. The largest absolute Gasteiger partial charge is 0.410 e. The number of rotatable bonds is 3. The lowest BCUT2D eigenvalue weighted by Crippen LogP contribution is -2.10. The second kappa shape index (κ2) is 4.18. The lowest BCUT2D eigenvalue weighted by atomic mass is 11.3. The number of amides is 1. The number of carbonyl (C=O) groups is 1. The molecule has 1 unspecified atom stereocenters. The molecule has 0 aromatic carbocycles. The molecule has 60 valence electrons. The Bertz CT molecular complexity index is 165. The van der Waals surface area contributed by atoms with E-state index in [1.54, 1.807) is 6.26 Å². The highest BCUT2D eigenvalue weighted by molar-refractivity contribution is 8.67.